The first-order valence-corrected chi connectivity index (χ1v) is 6.89. The van der Waals surface area contributed by atoms with Crippen molar-refractivity contribution in [1.82, 2.24) is 14.5 Å². The molecule has 0 saturated heterocycles. The Balaban J connectivity index is 2.76. The molecular formula is C13H15BrN4O. The quantitative estimate of drug-likeness (QED) is 0.939. The average molecular weight is 323 g/mol. The fourth-order valence-electron chi connectivity index (χ4n) is 2.07. The predicted octanol–water partition coefficient (Wildman–Crippen LogP) is 2.10. The predicted molar refractivity (Wildman–Crippen MR) is 78.5 cm³/mol. The minimum Gasteiger partial charge on any atom is -0.368 e. The summed E-state index contributed by atoms with van der Waals surface area (Å²) in [4.78, 5) is 19.6. The minimum absolute atomic E-state index is 0.00513. The largest absolute Gasteiger partial charge is 0.368 e. The van der Waals surface area contributed by atoms with Gasteiger partial charge in [0.1, 0.15) is 6.33 Å². The van der Waals surface area contributed by atoms with Crippen LogP contribution in [0.2, 0.25) is 0 Å². The van der Waals surface area contributed by atoms with Gasteiger partial charge in [-0.25, -0.2) is 9.78 Å². The van der Waals surface area contributed by atoms with E-state index in [-0.39, 0.29) is 5.95 Å². The summed E-state index contributed by atoms with van der Waals surface area (Å²) >= 11 is 3.49. The number of aryl methyl sites for hydroxylation is 2. The third kappa shape index (κ3) is 2.68. The monoisotopic (exact) mass is 322 g/mol. The summed E-state index contributed by atoms with van der Waals surface area (Å²) in [6, 6.07) is 4.02. The Morgan fingerprint density at radius 2 is 1.84 bits per heavy atom. The van der Waals surface area contributed by atoms with Gasteiger partial charge in [0, 0.05) is 4.47 Å². The van der Waals surface area contributed by atoms with Gasteiger partial charge in [0.05, 0.1) is 5.69 Å². The zero-order valence-electron chi connectivity index (χ0n) is 10.9. The summed E-state index contributed by atoms with van der Waals surface area (Å²) < 4.78 is 2.47. The molecule has 0 atom stereocenters. The maximum atomic E-state index is 12.0. The fraction of sp³-hybridized carbons (Fsp3) is 0.308. The number of aromatic nitrogens is 3. The maximum absolute atomic E-state index is 12.0. The van der Waals surface area contributed by atoms with Crippen molar-refractivity contribution in [2.24, 2.45) is 0 Å². The minimum atomic E-state index is -0.403. The highest BCUT2D eigenvalue weighted by Crippen LogP contribution is 2.25. The van der Waals surface area contributed by atoms with Gasteiger partial charge in [-0.05, 0) is 36.1 Å². The summed E-state index contributed by atoms with van der Waals surface area (Å²) in [5, 5.41) is 0. The number of nitrogens with zero attached hydrogens (tertiary/aromatic N) is 3. The molecular weight excluding hydrogens is 308 g/mol. The van der Waals surface area contributed by atoms with Crippen LogP contribution >= 0.6 is 15.9 Å². The first-order valence-electron chi connectivity index (χ1n) is 6.09. The van der Waals surface area contributed by atoms with Gasteiger partial charge in [-0.2, -0.15) is 4.98 Å². The van der Waals surface area contributed by atoms with Gasteiger partial charge >= 0.3 is 5.69 Å². The molecule has 0 aliphatic rings. The Labute approximate surface area is 119 Å². The van der Waals surface area contributed by atoms with Crippen molar-refractivity contribution in [3.63, 3.8) is 0 Å². The van der Waals surface area contributed by atoms with Crippen molar-refractivity contribution >= 4 is 21.9 Å². The van der Waals surface area contributed by atoms with E-state index >= 15 is 0 Å². The molecule has 0 saturated carbocycles. The number of halogens is 1. The molecule has 1 aromatic carbocycles. The number of nitrogens with two attached hydrogens (primary N) is 1. The van der Waals surface area contributed by atoms with Crippen LogP contribution in [-0.2, 0) is 12.8 Å². The van der Waals surface area contributed by atoms with Crippen LogP contribution in [-0.4, -0.2) is 14.5 Å². The smallest absolute Gasteiger partial charge is 0.356 e. The van der Waals surface area contributed by atoms with E-state index in [9.17, 15) is 4.79 Å². The van der Waals surface area contributed by atoms with Gasteiger partial charge < -0.3 is 5.73 Å². The van der Waals surface area contributed by atoms with E-state index in [0.717, 1.165) is 34.1 Å². The van der Waals surface area contributed by atoms with Crippen LogP contribution in [0.25, 0.3) is 5.69 Å². The summed E-state index contributed by atoms with van der Waals surface area (Å²) in [5.41, 5.74) is 8.03. The zero-order valence-corrected chi connectivity index (χ0v) is 12.4. The number of rotatable bonds is 3. The molecule has 0 unspecified atom stereocenters. The molecule has 0 aliphatic carbocycles. The highest BCUT2D eigenvalue weighted by Gasteiger charge is 2.12. The topological polar surface area (TPSA) is 73.8 Å². The normalized spacial score (nSPS) is 10.7. The first-order chi connectivity index (χ1) is 9.06. The van der Waals surface area contributed by atoms with E-state index in [4.69, 9.17) is 5.73 Å². The van der Waals surface area contributed by atoms with Crippen molar-refractivity contribution in [2.45, 2.75) is 26.7 Å². The Kier molecular flexibility index (Phi) is 3.99. The third-order valence-electron chi connectivity index (χ3n) is 2.96. The van der Waals surface area contributed by atoms with Crippen LogP contribution in [0.3, 0.4) is 0 Å². The lowest BCUT2D eigenvalue weighted by atomic mass is 10.0. The first kappa shape index (κ1) is 13.7. The SMILES string of the molecule is CCc1cc(Br)cc(CC)c1-n1cnc(N)nc1=O. The second-order valence-corrected chi connectivity index (χ2v) is 5.06. The van der Waals surface area contributed by atoms with Crippen LogP contribution in [0.5, 0.6) is 0 Å². The summed E-state index contributed by atoms with van der Waals surface area (Å²) in [5.74, 6) is -0.00513. The molecule has 0 amide bonds. The van der Waals surface area contributed by atoms with Crippen LogP contribution in [0, 0.1) is 0 Å². The molecule has 1 aromatic heterocycles. The number of benzene rings is 1. The molecule has 0 aliphatic heterocycles. The molecule has 1 heterocycles. The standard InChI is InChI=1S/C13H15BrN4O/c1-3-8-5-10(14)6-9(4-2)11(8)18-7-16-12(15)17-13(18)19/h5-7H,3-4H2,1-2H3,(H2,15,17,19). The molecule has 100 valence electrons. The molecule has 5 nitrogen and oxygen atoms in total. The molecule has 19 heavy (non-hydrogen) atoms. The highest BCUT2D eigenvalue weighted by molar-refractivity contribution is 9.10. The van der Waals surface area contributed by atoms with Gasteiger partial charge in [-0.1, -0.05) is 29.8 Å². The van der Waals surface area contributed by atoms with Crippen LogP contribution < -0.4 is 11.4 Å². The molecule has 2 N–H and O–H groups in total. The van der Waals surface area contributed by atoms with Gasteiger partial charge in [0.15, 0.2) is 0 Å². The zero-order chi connectivity index (χ0) is 14.0. The van der Waals surface area contributed by atoms with Gasteiger partial charge in [0.2, 0.25) is 5.95 Å². The third-order valence-corrected chi connectivity index (χ3v) is 3.41. The summed E-state index contributed by atoms with van der Waals surface area (Å²) in [6.45, 7) is 4.10. The van der Waals surface area contributed by atoms with Crippen molar-refractivity contribution in [3.05, 3.63) is 44.5 Å². The lowest BCUT2D eigenvalue weighted by molar-refractivity contribution is 0.840. The van der Waals surface area contributed by atoms with Crippen molar-refractivity contribution in [1.29, 1.82) is 0 Å². The lowest BCUT2D eigenvalue weighted by Crippen LogP contribution is -2.25. The fourth-order valence-corrected chi connectivity index (χ4v) is 2.62. The molecule has 0 fully saturated rings. The van der Waals surface area contributed by atoms with Crippen LogP contribution in [0.1, 0.15) is 25.0 Å². The van der Waals surface area contributed by atoms with E-state index in [2.05, 4.69) is 25.9 Å². The molecule has 0 radical (unpaired) electrons. The van der Waals surface area contributed by atoms with Crippen molar-refractivity contribution in [2.75, 3.05) is 5.73 Å². The second-order valence-electron chi connectivity index (χ2n) is 4.15. The van der Waals surface area contributed by atoms with Gasteiger partial charge in [0.25, 0.3) is 0 Å². The van der Waals surface area contributed by atoms with Crippen LogP contribution in [0.4, 0.5) is 5.95 Å². The van der Waals surface area contributed by atoms with Crippen molar-refractivity contribution in [3.8, 4) is 5.69 Å². The second kappa shape index (κ2) is 5.52. The van der Waals surface area contributed by atoms with E-state index in [0.29, 0.717) is 0 Å². The Morgan fingerprint density at radius 1 is 1.26 bits per heavy atom. The number of nitrogen functional groups attached to an aromatic ring is 1. The number of hydrogen-bond donors (Lipinski definition) is 1. The average Bonchev–Trinajstić information content (AvgIpc) is 2.38. The molecule has 0 spiro atoms. The number of anilines is 1. The lowest BCUT2D eigenvalue weighted by Gasteiger charge is -2.15. The summed E-state index contributed by atoms with van der Waals surface area (Å²) in [6.07, 6.45) is 3.07. The highest BCUT2D eigenvalue weighted by atomic mass is 79.9. The van der Waals surface area contributed by atoms with E-state index < -0.39 is 5.69 Å². The molecule has 2 aromatic rings. The van der Waals surface area contributed by atoms with E-state index in [1.807, 2.05) is 26.0 Å². The maximum Gasteiger partial charge on any atom is 0.356 e. The van der Waals surface area contributed by atoms with E-state index in [1.54, 1.807) is 0 Å². The molecule has 2 rings (SSSR count). The van der Waals surface area contributed by atoms with Crippen LogP contribution in [0.15, 0.2) is 27.7 Å². The summed E-state index contributed by atoms with van der Waals surface area (Å²) in [7, 11) is 0. The van der Waals surface area contributed by atoms with Gasteiger partial charge in [-0.15, -0.1) is 0 Å². The molecule has 0 bridgehead atoms. The van der Waals surface area contributed by atoms with Crippen molar-refractivity contribution < 1.29 is 0 Å². The number of hydrogen-bond acceptors (Lipinski definition) is 4. The Morgan fingerprint density at radius 3 is 2.32 bits per heavy atom. The van der Waals surface area contributed by atoms with Gasteiger partial charge in [-0.3, -0.25) is 4.57 Å². The molecule has 6 heteroatoms. The Bertz CT molecular complexity index is 641. The Hall–Kier alpha value is -1.69. The van der Waals surface area contributed by atoms with E-state index in [1.165, 1.54) is 10.9 Å².